The van der Waals surface area contributed by atoms with E-state index in [0.717, 1.165) is 21.7 Å². The number of amides is 2. The predicted octanol–water partition coefficient (Wildman–Crippen LogP) is 6.01. The highest BCUT2D eigenvalue weighted by Gasteiger charge is 2.11. The third-order valence-corrected chi connectivity index (χ3v) is 5.34. The van der Waals surface area contributed by atoms with Gasteiger partial charge in [-0.25, -0.2) is 0 Å². The van der Waals surface area contributed by atoms with Gasteiger partial charge in [-0.2, -0.15) is 0 Å². The molecular formula is C22H20BrClN2O3. The van der Waals surface area contributed by atoms with Crippen LogP contribution in [0.25, 0.3) is 10.8 Å². The van der Waals surface area contributed by atoms with E-state index in [1.807, 2.05) is 43.3 Å². The SMILES string of the molecule is CCCC(=O)Nc1ccc(Cl)c(NC(=O)COc2ccc3ccccc3c2Br)c1. The first-order chi connectivity index (χ1) is 14.0. The van der Waals surface area contributed by atoms with Gasteiger partial charge in [0.1, 0.15) is 5.75 Å². The van der Waals surface area contributed by atoms with Gasteiger partial charge in [0.15, 0.2) is 6.61 Å². The molecular weight excluding hydrogens is 456 g/mol. The summed E-state index contributed by atoms with van der Waals surface area (Å²) in [6, 6.07) is 16.6. The summed E-state index contributed by atoms with van der Waals surface area (Å²) in [5.41, 5.74) is 0.980. The van der Waals surface area contributed by atoms with Gasteiger partial charge >= 0.3 is 0 Å². The predicted molar refractivity (Wildman–Crippen MR) is 121 cm³/mol. The number of rotatable bonds is 7. The van der Waals surface area contributed by atoms with Crippen LogP contribution >= 0.6 is 27.5 Å². The number of benzene rings is 3. The van der Waals surface area contributed by atoms with E-state index in [-0.39, 0.29) is 18.4 Å². The van der Waals surface area contributed by atoms with E-state index < -0.39 is 0 Å². The van der Waals surface area contributed by atoms with E-state index in [2.05, 4.69) is 26.6 Å². The van der Waals surface area contributed by atoms with Crippen LogP contribution in [0.15, 0.2) is 59.1 Å². The fraction of sp³-hybridized carbons (Fsp3) is 0.182. The molecule has 0 aliphatic heterocycles. The Morgan fingerprint density at radius 1 is 1.03 bits per heavy atom. The van der Waals surface area contributed by atoms with Crippen molar-refractivity contribution in [3.8, 4) is 5.75 Å². The zero-order valence-electron chi connectivity index (χ0n) is 15.8. The fourth-order valence-corrected chi connectivity index (χ4v) is 3.58. The molecule has 0 bridgehead atoms. The molecule has 0 spiro atoms. The van der Waals surface area contributed by atoms with Gasteiger partial charge in [-0.3, -0.25) is 9.59 Å². The second-order valence-corrected chi connectivity index (χ2v) is 7.63. The highest BCUT2D eigenvalue weighted by Crippen LogP contribution is 2.33. The number of hydrogen-bond donors (Lipinski definition) is 2. The van der Waals surface area contributed by atoms with Crippen LogP contribution in [-0.4, -0.2) is 18.4 Å². The lowest BCUT2D eigenvalue weighted by Gasteiger charge is -2.12. The van der Waals surface area contributed by atoms with E-state index in [4.69, 9.17) is 16.3 Å². The minimum absolute atomic E-state index is 0.0865. The summed E-state index contributed by atoms with van der Waals surface area (Å²) >= 11 is 9.71. The molecule has 29 heavy (non-hydrogen) atoms. The van der Waals surface area contributed by atoms with Crippen LogP contribution in [0.4, 0.5) is 11.4 Å². The minimum atomic E-state index is -0.357. The van der Waals surface area contributed by atoms with E-state index in [1.54, 1.807) is 18.2 Å². The maximum absolute atomic E-state index is 12.4. The molecule has 150 valence electrons. The van der Waals surface area contributed by atoms with E-state index in [1.165, 1.54) is 0 Å². The van der Waals surface area contributed by atoms with Crippen LogP contribution in [0.1, 0.15) is 19.8 Å². The standard InChI is InChI=1S/C22H20BrClN2O3/c1-2-5-20(27)25-15-9-10-17(24)18(12-15)26-21(28)13-29-19-11-8-14-6-3-4-7-16(14)22(19)23/h3-4,6-12H,2,5,13H2,1H3,(H,25,27)(H,26,28). The molecule has 7 heteroatoms. The first kappa shape index (κ1) is 21.1. The molecule has 0 heterocycles. The van der Waals surface area contributed by atoms with E-state index >= 15 is 0 Å². The normalized spacial score (nSPS) is 10.6. The number of anilines is 2. The summed E-state index contributed by atoms with van der Waals surface area (Å²) in [5.74, 6) is 0.131. The van der Waals surface area contributed by atoms with Crippen LogP contribution in [0.3, 0.4) is 0 Å². The van der Waals surface area contributed by atoms with Crippen molar-refractivity contribution in [2.24, 2.45) is 0 Å². The number of nitrogens with one attached hydrogen (secondary N) is 2. The molecule has 3 rings (SSSR count). The van der Waals surface area contributed by atoms with Gasteiger partial charge in [0.05, 0.1) is 15.2 Å². The molecule has 0 unspecified atom stereocenters. The van der Waals surface area contributed by atoms with Crippen LogP contribution < -0.4 is 15.4 Å². The molecule has 2 amide bonds. The summed E-state index contributed by atoms with van der Waals surface area (Å²) in [6.45, 7) is 1.75. The van der Waals surface area contributed by atoms with Crippen molar-refractivity contribution in [1.29, 1.82) is 0 Å². The molecule has 3 aromatic carbocycles. The van der Waals surface area contributed by atoms with Gasteiger partial charge in [0, 0.05) is 12.1 Å². The average molecular weight is 476 g/mol. The molecule has 3 aromatic rings. The third-order valence-electron chi connectivity index (χ3n) is 4.19. The van der Waals surface area contributed by atoms with Crippen molar-refractivity contribution >= 4 is 61.5 Å². The first-order valence-electron chi connectivity index (χ1n) is 9.17. The summed E-state index contributed by atoms with van der Waals surface area (Å²) < 4.78 is 6.47. The Balaban J connectivity index is 1.65. The maximum Gasteiger partial charge on any atom is 0.262 e. The van der Waals surface area contributed by atoms with Gasteiger partial charge in [0.25, 0.3) is 5.91 Å². The third kappa shape index (κ3) is 5.49. The molecule has 2 N–H and O–H groups in total. The summed E-state index contributed by atoms with van der Waals surface area (Å²) in [4.78, 5) is 24.1. The van der Waals surface area contributed by atoms with E-state index in [9.17, 15) is 9.59 Å². The second-order valence-electron chi connectivity index (χ2n) is 6.43. The fourth-order valence-electron chi connectivity index (χ4n) is 2.80. The summed E-state index contributed by atoms with van der Waals surface area (Å²) in [5, 5.41) is 7.95. The number of hydrogen-bond acceptors (Lipinski definition) is 3. The molecule has 0 radical (unpaired) electrons. The van der Waals surface area contributed by atoms with Crippen LogP contribution in [0, 0.1) is 0 Å². The Bertz CT molecular complexity index is 1060. The number of ether oxygens (including phenoxy) is 1. The molecule has 0 saturated carbocycles. The Morgan fingerprint density at radius 2 is 1.83 bits per heavy atom. The Kier molecular flexibility index (Phi) is 7.12. The van der Waals surface area contributed by atoms with Crippen molar-refractivity contribution in [2.75, 3.05) is 17.2 Å². The topological polar surface area (TPSA) is 67.4 Å². The zero-order valence-corrected chi connectivity index (χ0v) is 18.1. The first-order valence-corrected chi connectivity index (χ1v) is 10.3. The molecule has 0 aliphatic carbocycles. The molecule has 0 aliphatic rings. The molecule has 0 aromatic heterocycles. The summed E-state index contributed by atoms with van der Waals surface area (Å²) in [7, 11) is 0. The zero-order chi connectivity index (χ0) is 20.8. The molecule has 0 fully saturated rings. The lowest BCUT2D eigenvalue weighted by Crippen LogP contribution is -2.20. The van der Waals surface area contributed by atoms with Crippen molar-refractivity contribution in [3.63, 3.8) is 0 Å². The average Bonchev–Trinajstić information content (AvgIpc) is 2.70. The largest absolute Gasteiger partial charge is 0.483 e. The number of fused-ring (bicyclic) bond motifs is 1. The molecule has 5 nitrogen and oxygen atoms in total. The Hall–Kier alpha value is -2.57. The van der Waals surface area contributed by atoms with Crippen molar-refractivity contribution in [2.45, 2.75) is 19.8 Å². The van der Waals surface area contributed by atoms with Gasteiger partial charge < -0.3 is 15.4 Å². The highest BCUT2D eigenvalue weighted by molar-refractivity contribution is 9.10. The Morgan fingerprint density at radius 3 is 2.62 bits per heavy atom. The molecule has 0 saturated heterocycles. The van der Waals surface area contributed by atoms with Gasteiger partial charge in [0.2, 0.25) is 5.91 Å². The van der Waals surface area contributed by atoms with Crippen molar-refractivity contribution < 1.29 is 14.3 Å². The number of carbonyl (C=O) groups excluding carboxylic acids is 2. The smallest absolute Gasteiger partial charge is 0.262 e. The van der Waals surface area contributed by atoms with Gasteiger partial charge in [-0.15, -0.1) is 0 Å². The van der Waals surface area contributed by atoms with Gasteiger partial charge in [-0.05, 0) is 57.4 Å². The van der Waals surface area contributed by atoms with Crippen molar-refractivity contribution in [3.05, 3.63) is 64.1 Å². The maximum atomic E-state index is 12.4. The monoisotopic (exact) mass is 474 g/mol. The van der Waals surface area contributed by atoms with E-state index in [0.29, 0.717) is 28.6 Å². The quantitative estimate of drug-likeness (QED) is 0.439. The highest BCUT2D eigenvalue weighted by atomic mass is 79.9. The number of halogens is 2. The van der Waals surface area contributed by atoms with Crippen LogP contribution in [0.2, 0.25) is 5.02 Å². The molecule has 0 atom stereocenters. The van der Waals surface area contributed by atoms with Crippen molar-refractivity contribution in [1.82, 2.24) is 0 Å². The lowest BCUT2D eigenvalue weighted by atomic mass is 10.1. The number of carbonyl (C=O) groups is 2. The van der Waals surface area contributed by atoms with Gasteiger partial charge in [-0.1, -0.05) is 48.9 Å². The van der Waals surface area contributed by atoms with Crippen LogP contribution in [-0.2, 0) is 9.59 Å². The Labute approximate surface area is 182 Å². The van der Waals surface area contributed by atoms with Crippen LogP contribution in [0.5, 0.6) is 5.75 Å². The summed E-state index contributed by atoms with van der Waals surface area (Å²) in [6.07, 6.45) is 1.18. The second kappa shape index (κ2) is 9.76. The lowest BCUT2D eigenvalue weighted by molar-refractivity contribution is -0.118. The minimum Gasteiger partial charge on any atom is -0.483 e.